The van der Waals surface area contributed by atoms with Gasteiger partial charge in [0.1, 0.15) is 12.6 Å². The van der Waals surface area contributed by atoms with E-state index in [2.05, 4.69) is 5.32 Å². The minimum atomic E-state index is -3.70. The van der Waals surface area contributed by atoms with Crippen LogP contribution < -0.4 is 9.62 Å². The van der Waals surface area contributed by atoms with Gasteiger partial charge in [0.25, 0.3) is 0 Å². The smallest absolute Gasteiger partial charge is 0.244 e. The number of sulfonamides is 1. The van der Waals surface area contributed by atoms with E-state index in [4.69, 9.17) is 0 Å². The van der Waals surface area contributed by atoms with Crippen molar-refractivity contribution in [3.63, 3.8) is 0 Å². The molecule has 0 spiro atoms. The van der Waals surface area contributed by atoms with Gasteiger partial charge in [-0.2, -0.15) is 0 Å². The molecular weight excluding hydrogens is 414 g/mol. The van der Waals surface area contributed by atoms with Crippen LogP contribution in [0.2, 0.25) is 0 Å². The lowest BCUT2D eigenvalue weighted by Gasteiger charge is -2.31. The minimum absolute atomic E-state index is 0.273. The Labute approximate surface area is 185 Å². The van der Waals surface area contributed by atoms with Gasteiger partial charge >= 0.3 is 0 Å². The lowest BCUT2D eigenvalue weighted by Crippen LogP contribution is -2.52. The summed E-state index contributed by atoms with van der Waals surface area (Å²) in [5.41, 5.74) is 2.43. The fourth-order valence-corrected chi connectivity index (χ4v) is 4.07. The first kappa shape index (κ1) is 24.4. The zero-order chi connectivity index (χ0) is 23.0. The highest BCUT2D eigenvalue weighted by Crippen LogP contribution is 2.19. The summed E-state index contributed by atoms with van der Waals surface area (Å²) in [7, 11) is -3.70. The number of amides is 2. The van der Waals surface area contributed by atoms with Gasteiger partial charge in [-0.15, -0.1) is 0 Å². The summed E-state index contributed by atoms with van der Waals surface area (Å²) in [6.45, 7) is 5.74. The van der Waals surface area contributed by atoms with Crippen LogP contribution >= 0.6 is 0 Å². The van der Waals surface area contributed by atoms with Crippen molar-refractivity contribution >= 4 is 27.5 Å². The molecule has 0 unspecified atom stereocenters. The number of anilines is 1. The van der Waals surface area contributed by atoms with Crippen LogP contribution in [0.25, 0.3) is 0 Å². The lowest BCUT2D eigenvalue weighted by atomic mass is 10.1. The highest BCUT2D eigenvalue weighted by molar-refractivity contribution is 7.92. The summed E-state index contributed by atoms with van der Waals surface area (Å²) in [5.74, 6) is -0.703. The first-order chi connectivity index (χ1) is 14.6. The third kappa shape index (κ3) is 7.10. The van der Waals surface area contributed by atoms with Gasteiger partial charge in [-0.05, 0) is 44.9 Å². The molecule has 0 aliphatic heterocycles. The second-order valence-corrected chi connectivity index (χ2v) is 9.41. The Morgan fingerprint density at radius 3 is 2.19 bits per heavy atom. The molecular formula is C23H31N3O4S. The van der Waals surface area contributed by atoms with E-state index >= 15 is 0 Å². The molecule has 2 amide bonds. The SMILES string of the molecule is CCNC(=O)[C@H](C)N(CCc1ccccc1)C(=O)CN(c1ccc(C)cc1)S(C)(=O)=O. The maximum absolute atomic E-state index is 13.3. The number of aryl methyl sites for hydroxylation is 1. The maximum Gasteiger partial charge on any atom is 0.244 e. The molecule has 31 heavy (non-hydrogen) atoms. The summed E-state index contributed by atoms with van der Waals surface area (Å²) < 4.78 is 26.0. The van der Waals surface area contributed by atoms with Gasteiger partial charge in [-0.1, -0.05) is 48.0 Å². The van der Waals surface area contributed by atoms with Crippen LogP contribution in [0.1, 0.15) is 25.0 Å². The Morgan fingerprint density at radius 2 is 1.65 bits per heavy atom. The highest BCUT2D eigenvalue weighted by atomic mass is 32.2. The number of carbonyl (C=O) groups is 2. The molecule has 1 atom stereocenters. The van der Waals surface area contributed by atoms with Crippen LogP contribution in [0.4, 0.5) is 5.69 Å². The molecule has 0 bridgehead atoms. The Morgan fingerprint density at radius 1 is 1.03 bits per heavy atom. The number of nitrogens with zero attached hydrogens (tertiary/aromatic N) is 2. The molecule has 0 aliphatic rings. The highest BCUT2D eigenvalue weighted by Gasteiger charge is 2.29. The molecule has 2 aromatic rings. The van der Waals surface area contributed by atoms with Crippen LogP contribution in [-0.4, -0.2) is 57.1 Å². The fourth-order valence-electron chi connectivity index (χ4n) is 3.22. The molecule has 0 fully saturated rings. The van der Waals surface area contributed by atoms with Crippen molar-refractivity contribution in [1.82, 2.24) is 10.2 Å². The van der Waals surface area contributed by atoms with Crippen LogP contribution in [0.3, 0.4) is 0 Å². The number of hydrogen-bond donors (Lipinski definition) is 1. The van der Waals surface area contributed by atoms with Crippen molar-refractivity contribution < 1.29 is 18.0 Å². The van der Waals surface area contributed by atoms with Crippen LogP contribution in [0.5, 0.6) is 0 Å². The van der Waals surface area contributed by atoms with E-state index in [1.54, 1.807) is 31.2 Å². The van der Waals surface area contributed by atoms with Gasteiger partial charge in [0.15, 0.2) is 0 Å². The summed E-state index contributed by atoms with van der Waals surface area (Å²) in [5, 5.41) is 2.74. The van der Waals surface area contributed by atoms with Gasteiger partial charge in [0.05, 0.1) is 11.9 Å². The molecule has 0 saturated carbocycles. The van der Waals surface area contributed by atoms with E-state index in [0.717, 1.165) is 21.7 Å². The van der Waals surface area contributed by atoms with Gasteiger partial charge in [-0.3, -0.25) is 13.9 Å². The Kier molecular flexibility index (Phi) is 8.62. The number of nitrogens with one attached hydrogen (secondary N) is 1. The lowest BCUT2D eigenvalue weighted by molar-refractivity contribution is -0.138. The van der Waals surface area contributed by atoms with Gasteiger partial charge in [-0.25, -0.2) is 8.42 Å². The molecule has 0 radical (unpaired) electrons. The van der Waals surface area contributed by atoms with E-state index in [1.165, 1.54) is 4.90 Å². The predicted molar refractivity (Wildman–Crippen MR) is 123 cm³/mol. The quantitative estimate of drug-likeness (QED) is 0.608. The summed E-state index contributed by atoms with van der Waals surface area (Å²) >= 11 is 0. The Bertz CT molecular complexity index is 976. The van der Waals surface area contributed by atoms with Crippen LogP contribution in [-0.2, 0) is 26.0 Å². The number of hydrogen-bond acceptors (Lipinski definition) is 4. The average molecular weight is 446 g/mol. The molecule has 0 aromatic heterocycles. The third-order valence-corrected chi connectivity index (χ3v) is 6.14. The van der Waals surface area contributed by atoms with Crippen molar-refractivity contribution in [2.24, 2.45) is 0 Å². The van der Waals surface area contributed by atoms with Crippen molar-refractivity contribution in [3.8, 4) is 0 Å². The zero-order valence-electron chi connectivity index (χ0n) is 18.5. The van der Waals surface area contributed by atoms with Crippen molar-refractivity contribution in [2.75, 3.05) is 30.2 Å². The molecule has 1 N–H and O–H groups in total. The van der Waals surface area contributed by atoms with Gasteiger partial charge < -0.3 is 10.2 Å². The normalized spacial score (nSPS) is 12.1. The number of carbonyl (C=O) groups excluding carboxylic acids is 2. The van der Waals surface area contributed by atoms with Crippen LogP contribution in [0, 0.1) is 6.92 Å². The molecule has 0 heterocycles. The first-order valence-electron chi connectivity index (χ1n) is 10.3. The third-order valence-electron chi connectivity index (χ3n) is 5.00. The summed E-state index contributed by atoms with van der Waals surface area (Å²) in [6, 6.07) is 15.9. The van der Waals surface area contributed by atoms with E-state index in [-0.39, 0.29) is 12.5 Å². The molecule has 2 rings (SSSR count). The monoisotopic (exact) mass is 445 g/mol. The first-order valence-corrected chi connectivity index (χ1v) is 12.1. The minimum Gasteiger partial charge on any atom is -0.355 e. The number of likely N-dealkylation sites (N-methyl/N-ethyl adjacent to an activating group) is 1. The Hall–Kier alpha value is -2.87. The van der Waals surface area contributed by atoms with Crippen molar-refractivity contribution in [1.29, 1.82) is 0 Å². The standard InChI is InChI=1S/C23H31N3O4S/c1-5-24-23(28)19(3)25(16-15-20-9-7-6-8-10-20)22(27)17-26(31(4,29)30)21-13-11-18(2)12-14-21/h6-14,19H,5,15-17H2,1-4H3,(H,24,28)/t19-/m0/s1. The van der Waals surface area contributed by atoms with E-state index in [0.29, 0.717) is 25.2 Å². The summed E-state index contributed by atoms with van der Waals surface area (Å²) in [6.07, 6.45) is 1.63. The second kappa shape index (κ2) is 10.9. The second-order valence-electron chi connectivity index (χ2n) is 7.50. The van der Waals surface area contributed by atoms with Gasteiger partial charge in [0, 0.05) is 13.1 Å². The van der Waals surface area contributed by atoms with Crippen LogP contribution in [0.15, 0.2) is 54.6 Å². The van der Waals surface area contributed by atoms with Crippen molar-refractivity contribution in [2.45, 2.75) is 33.2 Å². The number of rotatable bonds is 10. The molecule has 8 heteroatoms. The maximum atomic E-state index is 13.3. The molecule has 168 valence electrons. The summed E-state index contributed by atoms with van der Waals surface area (Å²) in [4.78, 5) is 27.2. The molecule has 0 aliphatic carbocycles. The van der Waals surface area contributed by atoms with Crippen molar-refractivity contribution in [3.05, 3.63) is 65.7 Å². The topological polar surface area (TPSA) is 86.8 Å². The molecule has 7 nitrogen and oxygen atoms in total. The van der Waals surface area contributed by atoms with E-state index < -0.39 is 22.0 Å². The predicted octanol–water partition coefficient (Wildman–Crippen LogP) is 2.36. The molecule has 2 aromatic carbocycles. The molecule has 0 saturated heterocycles. The fraction of sp³-hybridized carbons (Fsp3) is 0.391. The average Bonchev–Trinajstić information content (AvgIpc) is 2.73. The Balaban J connectivity index is 2.28. The van der Waals surface area contributed by atoms with Gasteiger partial charge in [0.2, 0.25) is 21.8 Å². The van der Waals surface area contributed by atoms with E-state index in [1.807, 2.05) is 44.2 Å². The van der Waals surface area contributed by atoms with E-state index in [9.17, 15) is 18.0 Å². The zero-order valence-corrected chi connectivity index (χ0v) is 19.4. The number of benzene rings is 2. The largest absolute Gasteiger partial charge is 0.355 e.